The van der Waals surface area contributed by atoms with Crippen LogP contribution in [-0.2, 0) is 21.4 Å². The Morgan fingerprint density at radius 1 is 1.45 bits per heavy atom. The van der Waals surface area contributed by atoms with Crippen molar-refractivity contribution in [1.82, 2.24) is 9.62 Å². The van der Waals surface area contributed by atoms with Crippen molar-refractivity contribution in [3.63, 3.8) is 0 Å². The zero-order chi connectivity index (χ0) is 14.9. The summed E-state index contributed by atoms with van der Waals surface area (Å²) in [5.74, 6) is -0.191. The predicted molar refractivity (Wildman–Crippen MR) is 75.4 cm³/mol. The van der Waals surface area contributed by atoms with Crippen LogP contribution in [0.4, 0.5) is 0 Å². The number of likely N-dealkylation sites (N-methyl/N-ethyl adjacent to an activating group) is 1. The summed E-state index contributed by atoms with van der Waals surface area (Å²) < 4.78 is 27.0. The Bertz CT molecular complexity index is 628. The van der Waals surface area contributed by atoms with E-state index in [1.54, 1.807) is 19.2 Å². The van der Waals surface area contributed by atoms with E-state index in [1.165, 1.54) is 11.0 Å². The normalized spacial score (nSPS) is 19.6. The van der Waals surface area contributed by atoms with Crippen molar-refractivity contribution >= 4 is 15.9 Å². The first-order chi connectivity index (χ1) is 9.35. The van der Waals surface area contributed by atoms with Gasteiger partial charge in [-0.15, -0.1) is 0 Å². The molecular formula is C13H19N3O3S. The van der Waals surface area contributed by atoms with Crippen LogP contribution in [0.5, 0.6) is 0 Å². The molecule has 7 heteroatoms. The number of carbonyl (C=O) groups is 1. The molecule has 20 heavy (non-hydrogen) atoms. The minimum atomic E-state index is -3.69. The number of rotatable bonds is 4. The molecule has 0 saturated carbocycles. The lowest BCUT2D eigenvalue weighted by Crippen LogP contribution is -2.40. The van der Waals surface area contributed by atoms with Crippen LogP contribution in [0.3, 0.4) is 0 Å². The largest absolute Gasteiger partial charge is 0.344 e. The van der Waals surface area contributed by atoms with Crippen LogP contribution in [0, 0.1) is 6.92 Å². The third-order valence-corrected chi connectivity index (χ3v) is 5.04. The van der Waals surface area contributed by atoms with Gasteiger partial charge < -0.3 is 10.6 Å². The van der Waals surface area contributed by atoms with E-state index in [0.29, 0.717) is 19.5 Å². The standard InChI is InChI=1S/C13H19N3O3S/c1-9-7-11(4-3-10(9)8-14)20(18,19)15-12-5-6-16(2)13(12)17/h3-4,7,12,15H,5-6,8,14H2,1-2H3. The van der Waals surface area contributed by atoms with Crippen LogP contribution >= 0.6 is 0 Å². The molecule has 1 aliphatic rings. The molecule has 3 N–H and O–H groups in total. The molecule has 1 heterocycles. The average molecular weight is 297 g/mol. The van der Waals surface area contributed by atoms with E-state index < -0.39 is 16.1 Å². The number of aryl methyl sites for hydroxylation is 1. The van der Waals surface area contributed by atoms with Crippen LogP contribution in [-0.4, -0.2) is 38.9 Å². The van der Waals surface area contributed by atoms with E-state index in [1.807, 2.05) is 6.92 Å². The first kappa shape index (κ1) is 15.0. The smallest absolute Gasteiger partial charge is 0.241 e. The Kier molecular flexibility index (Phi) is 4.12. The molecule has 1 aromatic carbocycles. The quantitative estimate of drug-likeness (QED) is 0.816. The van der Waals surface area contributed by atoms with Crippen LogP contribution in [0.25, 0.3) is 0 Å². The second-order valence-corrected chi connectivity index (χ2v) is 6.73. The van der Waals surface area contributed by atoms with Gasteiger partial charge in [0.1, 0.15) is 6.04 Å². The first-order valence-corrected chi connectivity index (χ1v) is 7.90. The molecule has 1 unspecified atom stereocenters. The lowest BCUT2D eigenvalue weighted by Gasteiger charge is -2.13. The van der Waals surface area contributed by atoms with Gasteiger partial charge in [0.25, 0.3) is 0 Å². The van der Waals surface area contributed by atoms with E-state index in [2.05, 4.69) is 4.72 Å². The lowest BCUT2D eigenvalue weighted by atomic mass is 10.1. The fourth-order valence-electron chi connectivity index (χ4n) is 2.25. The fourth-order valence-corrected chi connectivity index (χ4v) is 3.56. The monoisotopic (exact) mass is 297 g/mol. The van der Waals surface area contributed by atoms with Gasteiger partial charge in [0.15, 0.2) is 0 Å². The molecule has 0 aromatic heterocycles. The number of sulfonamides is 1. The minimum absolute atomic E-state index is 0.162. The molecule has 0 radical (unpaired) electrons. The molecule has 1 aromatic rings. The third kappa shape index (κ3) is 2.84. The Hall–Kier alpha value is -1.44. The summed E-state index contributed by atoms with van der Waals surface area (Å²) in [6.45, 7) is 2.75. The molecule has 1 fully saturated rings. The Labute approximate surface area is 119 Å². The molecule has 2 rings (SSSR count). The SMILES string of the molecule is Cc1cc(S(=O)(=O)NC2CCN(C)C2=O)ccc1CN. The van der Waals surface area contributed by atoms with Gasteiger partial charge in [0.2, 0.25) is 15.9 Å². The molecule has 6 nitrogen and oxygen atoms in total. The summed E-state index contributed by atoms with van der Waals surface area (Å²) in [6.07, 6.45) is 0.494. The zero-order valence-corrected chi connectivity index (χ0v) is 12.4. The third-order valence-electron chi connectivity index (χ3n) is 3.57. The minimum Gasteiger partial charge on any atom is -0.344 e. The van der Waals surface area contributed by atoms with E-state index in [9.17, 15) is 13.2 Å². The van der Waals surface area contributed by atoms with Gasteiger partial charge in [0.05, 0.1) is 4.90 Å². The number of hydrogen-bond acceptors (Lipinski definition) is 4. The average Bonchev–Trinajstić information content (AvgIpc) is 2.70. The summed E-state index contributed by atoms with van der Waals surface area (Å²) in [5, 5.41) is 0. The summed E-state index contributed by atoms with van der Waals surface area (Å²) in [6, 6.07) is 4.13. The molecular weight excluding hydrogens is 278 g/mol. The number of amides is 1. The van der Waals surface area contributed by atoms with Gasteiger partial charge in [-0.3, -0.25) is 4.79 Å². The van der Waals surface area contributed by atoms with Crippen molar-refractivity contribution < 1.29 is 13.2 Å². The predicted octanol–water partition coefficient (Wildman–Crippen LogP) is -0.0373. The highest BCUT2D eigenvalue weighted by Crippen LogP contribution is 2.17. The van der Waals surface area contributed by atoms with Gasteiger partial charge in [-0.1, -0.05) is 6.07 Å². The van der Waals surface area contributed by atoms with Crippen molar-refractivity contribution in [1.29, 1.82) is 0 Å². The molecule has 1 amide bonds. The van der Waals surface area contributed by atoms with Crippen molar-refractivity contribution in [2.24, 2.45) is 5.73 Å². The van der Waals surface area contributed by atoms with E-state index in [4.69, 9.17) is 5.73 Å². The van der Waals surface area contributed by atoms with Crippen molar-refractivity contribution in [2.45, 2.75) is 30.8 Å². The maximum Gasteiger partial charge on any atom is 0.241 e. The maximum absolute atomic E-state index is 12.3. The zero-order valence-electron chi connectivity index (χ0n) is 11.6. The topological polar surface area (TPSA) is 92.5 Å². The maximum atomic E-state index is 12.3. The fraction of sp³-hybridized carbons (Fsp3) is 0.462. The van der Waals surface area contributed by atoms with Gasteiger partial charge in [0, 0.05) is 20.1 Å². The summed E-state index contributed by atoms with van der Waals surface area (Å²) in [4.78, 5) is 13.4. The molecule has 1 aliphatic heterocycles. The molecule has 0 aliphatic carbocycles. The number of hydrogen-bond donors (Lipinski definition) is 2. The van der Waals surface area contributed by atoms with E-state index in [-0.39, 0.29) is 10.8 Å². The summed E-state index contributed by atoms with van der Waals surface area (Å²) >= 11 is 0. The number of benzene rings is 1. The molecule has 0 spiro atoms. The van der Waals surface area contributed by atoms with Crippen molar-refractivity contribution in [3.05, 3.63) is 29.3 Å². The van der Waals surface area contributed by atoms with Crippen LogP contribution < -0.4 is 10.5 Å². The van der Waals surface area contributed by atoms with Crippen molar-refractivity contribution in [3.8, 4) is 0 Å². The van der Waals surface area contributed by atoms with Gasteiger partial charge in [-0.2, -0.15) is 4.72 Å². The highest BCUT2D eigenvalue weighted by Gasteiger charge is 2.32. The number of likely N-dealkylation sites (tertiary alicyclic amines) is 1. The van der Waals surface area contributed by atoms with Crippen LogP contribution in [0.2, 0.25) is 0 Å². The van der Waals surface area contributed by atoms with Crippen LogP contribution in [0.15, 0.2) is 23.1 Å². The molecule has 1 saturated heterocycles. The summed E-state index contributed by atoms with van der Waals surface area (Å²) in [5.41, 5.74) is 7.29. The molecule has 110 valence electrons. The second-order valence-electron chi connectivity index (χ2n) is 5.01. The van der Waals surface area contributed by atoms with Crippen LogP contribution in [0.1, 0.15) is 17.5 Å². The number of nitrogens with zero attached hydrogens (tertiary/aromatic N) is 1. The number of nitrogens with two attached hydrogens (primary N) is 1. The lowest BCUT2D eigenvalue weighted by molar-refractivity contribution is -0.127. The highest BCUT2D eigenvalue weighted by molar-refractivity contribution is 7.89. The Morgan fingerprint density at radius 2 is 2.15 bits per heavy atom. The molecule has 1 atom stereocenters. The van der Waals surface area contributed by atoms with Gasteiger partial charge in [-0.25, -0.2) is 8.42 Å². The first-order valence-electron chi connectivity index (χ1n) is 6.42. The summed E-state index contributed by atoms with van der Waals surface area (Å²) in [7, 11) is -2.02. The Morgan fingerprint density at radius 3 is 2.65 bits per heavy atom. The van der Waals surface area contributed by atoms with E-state index in [0.717, 1.165) is 11.1 Å². The van der Waals surface area contributed by atoms with Gasteiger partial charge in [-0.05, 0) is 36.6 Å². The van der Waals surface area contributed by atoms with Gasteiger partial charge >= 0.3 is 0 Å². The number of nitrogens with one attached hydrogen (secondary N) is 1. The van der Waals surface area contributed by atoms with Crippen molar-refractivity contribution in [2.75, 3.05) is 13.6 Å². The van der Waals surface area contributed by atoms with E-state index >= 15 is 0 Å². The molecule has 0 bridgehead atoms. The second kappa shape index (κ2) is 5.51. The highest BCUT2D eigenvalue weighted by atomic mass is 32.2. The number of carbonyl (C=O) groups excluding carboxylic acids is 1. The Balaban J connectivity index is 2.23.